The molecule has 1 aliphatic carbocycles. The summed E-state index contributed by atoms with van der Waals surface area (Å²) in [5.74, 6) is 0.641. The lowest BCUT2D eigenvalue weighted by Crippen LogP contribution is -2.13. The van der Waals surface area contributed by atoms with Crippen LogP contribution in [0.1, 0.15) is 56.1 Å². The Labute approximate surface area is 132 Å². The first-order valence-corrected chi connectivity index (χ1v) is 8.18. The molecule has 0 radical (unpaired) electrons. The maximum atomic E-state index is 14.1. The number of hydrogen-bond acceptors (Lipinski definition) is 2. The van der Waals surface area contributed by atoms with Crippen LogP contribution >= 0.6 is 0 Å². The molecule has 118 valence electrons. The first-order valence-electron chi connectivity index (χ1n) is 8.18. The van der Waals surface area contributed by atoms with Gasteiger partial charge in [-0.25, -0.2) is 4.39 Å². The molecule has 0 spiro atoms. The smallest absolute Gasteiger partial charge is 0.127 e. The van der Waals surface area contributed by atoms with Crippen LogP contribution in [0.5, 0.6) is 0 Å². The van der Waals surface area contributed by atoms with Gasteiger partial charge in [0.05, 0.1) is 18.2 Å². The van der Waals surface area contributed by atoms with Crippen LogP contribution in [0.25, 0.3) is 0 Å². The van der Waals surface area contributed by atoms with E-state index in [4.69, 9.17) is 10.00 Å². The van der Waals surface area contributed by atoms with E-state index in [1.165, 1.54) is 6.07 Å². The van der Waals surface area contributed by atoms with Gasteiger partial charge in [0.25, 0.3) is 0 Å². The summed E-state index contributed by atoms with van der Waals surface area (Å²) in [5, 5.41) is 8.80. The van der Waals surface area contributed by atoms with Crippen LogP contribution in [-0.2, 0) is 4.74 Å². The zero-order chi connectivity index (χ0) is 15.8. The molecule has 1 aliphatic rings. The predicted molar refractivity (Wildman–Crippen MR) is 86.1 cm³/mol. The van der Waals surface area contributed by atoms with Gasteiger partial charge >= 0.3 is 0 Å². The summed E-state index contributed by atoms with van der Waals surface area (Å²) in [6.45, 7) is 3.61. The fraction of sp³-hybridized carbons (Fsp3) is 0.526. The van der Waals surface area contributed by atoms with Crippen LogP contribution < -0.4 is 0 Å². The Kier molecular flexibility index (Phi) is 6.61. The largest absolute Gasteiger partial charge is 0.377 e. The molecule has 2 nitrogen and oxygen atoms in total. The summed E-state index contributed by atoms with van der Waals surface area (Å²) in [7, 11) is 0. The fourth-order valence-electron chi connectivity index (χ4n) is 3.09. The fourth-order valence-corrected chi connectivity index (χ4v) is 3.09. The van der Waals surface area contributed by atoms with E-state index in [1.54, 1.807) is 12.1 Å². The highest BCUT2D eigenvalue weighted by atomic mass is 19.1. The van der Waals surface area contributed by atoms with Gasteiger partial charge in [-0.2, -0.15) is 5.26 Å². The Hall–Kier alpha value is -1.66. The molecular weight excluding hydrogens is 277 g/mol. The first kappa shape index (κ1) is 16.7. The van der Waals surface area contributed by atoms with Gasteiger partial charge in [-0.15, -0.1) is 0 Å². The van der Waals surface area contributed by atoms with E-state index in [1.807, 2.05) is 6.07 Å². The van der Waals surface area contributed by atoms with E-state index in [0.717, 1.165) is 44.3 Å². The molecule has 22 heavy (non-hydrogen) atoms. The SMILES string of the molecule is CCCOC/C=C/[C@H]1CC[C@H](c2ccc(C#N)cc2F)CC1. The van der Waals surface area contributed by atoms with Crippen LogP contribution in [0, 0.1) is 23.1 Å². The second kappa shape index (κ2) is 8.70. The Morgan fingerprint density at radius 3 is 2.73 bits per heavy atom. The third-order valence-corrected chi connectivity index (χ3v) is 4.31. The quantitative estimate of drug-likeness (QED) is 0.550. The summed E-state index contributed by atoms with van der Waals surface area (Å²) in [6.07, 6.45) is 9.61. The minimum absolute atomic E-state index is 0.231. The normalized spacial score (nSPS) is 21.9. The summed E-state index contributed by atoms with van der Waals surface area (Å²) in [4.78, 5) is 0. The van der Waals surface area contributed by atoms with Gasteiger partial charge in [-0.3, -0.25) is 0 Å². The summed E-state index contributed by atoms with van der Waals surface area (Å²) in [6, 6.07) is 6.84. The van der Waals surface area contributed by atoms with Gasteiger partial charge in [-0.05, 0) is 61.6 Å². The Morgan fingerprint density at radius 1 is 1.32 bits per heavy atom. The van der Waals surface area contributed by atoms with Crippen LogP contribution in [-0.4, -0.2) is 13.2 Å². The summed E-state index contributed by atoms with van der Waals surface area (Å²) >= 11 is 0. The molecule has 1 aromatic carbocycles. The van der Waals surface area contributed by atoms with Crippen LogP contribution in [0.15, 0.2) is 30.4 Å². The van der Waals surface area contributed by atoms with Crippen molar-refractivity contribution < 1.29 is 9.13 Å². The molecule has 0 amide bonds. The zero-order valence-electron chi connectivity index (χ0n) is 13.2. The molecule has 1 fully saturated rings. The van der Waals surface area contributed by atoms with Gasteiger partial charge in [0, 0.05) is 6.61 Å². The molecule has 0 N–H and O–H groups in total. The number of benzene rings is 1. The molecule has 0 aromatic heterocycles. The summed E-state index contributed by atoms with van der Waals surface area (Å²) < 4.78 is 19.5. The second-order valence-corrected chi connectivity index (χ2v) is 5.96. The van der Waals surface area contributed by atoms with Gasteiger partial charge < -0.3 is 4.74 Å². The first-order chi connectivity index (χ1) is 10.7. The van der Waals surface area contributed by atoms with Crippen molar-refractivity contribution in [2.24, 2.45) is 5.92 Å². The van der Waals surface area contributed by atoms with Gasteiger partial charge in [0.1, 0.15) is 5.82 Å². The van der Waals surface area contributed by atoms with Crippen molar-refractivity contribution in [2.75, 3.05) is 13.2 Å². The Morgan fingerprint density at radius 2 is 2.09 bits per heavy atom. The Balaban J connectivity index is 1.83. The van der Waals surface area contributed by atoms with Crippen LogP contribution in [0.3, 0.4) is 0 Å². The van der Waals surface area contributed by atoms with E-state index in [2.05, 4.69) is 19.1 Å². The third-order valence-electron chi connectivity index (χ3n) is 4.31. The number of nitriles is 1. The van der Waals surface area contributed by atoms with Gasteiger partial charge in [-0.1, -0.05) is 25.1 Å². The number of ether oxygens (including phenoxy) is 1. The van der Waals surface area contributed by atoms with Crippen molar-refractivity contribution in [1.82, 2.24) is 0 Å². The van der Waals surface area contributed by atoms with Crippen LogP contribution in [0.4, 0.5) is 4.39 Å². The minimum atomic E-state index is -0.231. The highest BCUT2D eigenvalue weighted by Gasteiger charge is 2.23. The van der Waals surface area contributed by atoms with Crippen molar-refractivity contribution in [2.45, 2.75) is 44.9 Å². The molecule has 0 aliphatic heterocycles. The maximum absolute atomic E-state index is 14.1. The van der Waals surface area contributed by atoms with Gasteiger partial charge in [0.2, 0.25) is 0 Å². The highest BCUT2D eigenvalue weighted by Crippen LogP contribution is 2.37. The molecule has 2 rings (SSSR count). The minimum Gasteiger partial charge on any atom is -0.377 e. The third kappa shape index (κ3) is 4.68. The number of hydrogen-bond donors (Lipinski definition) is 0. The van der Waals surface area contributed by atoms with E-state index in [-0.39, 0.29) is 11.7 Å². The number of allylic oxidation sites excluding steroid dienone is 1. The topological polar surface area (TPSA) is 33.0 Å². The van der Waals surface area contributed by atoms with Gasteiger partial charge in [0.15, 0.2) is 0 Å². The molecule has 0 heterocycles. The lowest BCUT2D eigenvalue weighted by atomic mass is 9.78. The monoisotopic (exact) mass is 301 g/mol. The molecular formula is C19H24FNO. The molecule has 0 bridgehead atoms. The van der Waals surface area contributed by atoms with Crippen LogP contribution in [0.2, 0.25) is 0 Å². The molecule has 0 saturated heterocycles. The van der Waals surface area contributed by atoms with Crippen molar-refractivity contribution >= 4 is 0 Å². The van der Waals surface area contributed by atoms with Crippen molar-refractivity contribution in [3.05, 3.63) is 47.3 Å². The van der Waals surface area contributed by atoms with E-state index < -0.39 is 0 Å². The van der Waals surface area contributed by atoms with Crippen molar-refractivity contribution in [1.29, 1.82) is 5.26 Å². The zero-order valence-corrected chi connectivity index (χ0v) is 13.2. The molecule has 1 aromatic rings. The summed E-state index contributed by atoms with van der Waals surface area (Å²) in [5.41, 5.74) is 1.16. The van der Waals surface area contributed by atoms with E-state index in [9.17, 15) is 4.39 Å². The van der Waals surface area contributed by atoms with Crippen molar-refractivity contribution in [3.8, 4) is 6.07 Å². The van der Waals surface area contributed by atoms with Crippen molar-refractivity contribution in [3.63, 3.8) is 0 Å². The standard InChI is InChI=1S/C19H24FNO/c1-2-11-22-12-3-4-15-5-8-17(9-6-15)18-10-7-16(14-21)13-19(18)20/h3-4,7,10,13,15,17H,2,5-6,8-9,11-12H2,1H3/b4-3+/t15-,17-. The average Bonchev–Trinajstić information content (AvgIpc) is 2.55. The number of nitrogens with zero attached hydrogens (tertiary/aromatic N) is 1. The number of rotatable bonds is 6. The predicted octanol–water partition coefficient (Wildman–Crippen LogP) is 4.95. The molecule has 1 saturated carbocycles. The lowest BCUT2D eigenvalue weighted by molar-refractivity contribution is 0.162. The average molecular weight is 301 g/mol. The molecule has 3 heteroatoms. The highest BCUT2D eigenvalue weighted by molar-refractivity contribution is 5.34. The molecule has 0 atom stereocenters. The number of halogens is 1. The maximum Gasteiger partial charge on any atom is 0.127 e. The molecule has 0 unspecified atom stereocenters. The second-order valence-electron chi connectivity index (χ2n) is 5.96. The Bertz CT molecular complexity index is 539. The van der Waals surface area contributed by atoms with E-state index >= 15 is 0 Å². The van der Waals surface area contributed by atoms with E-state index in [0.29, 0.717) is 18.1 Å². The lowest BCUT2D eigenvalue weighted by Gasteiger charge is -2.27.